The highest BCUT2D eigenvalue weighted by atomic mass is 16.5. The van der Waals surface area contributed by atoms with E-state index in [2.05, 4.69) is 37.5 Å². The molecule has 1 atom stereocenters. The predicted octanol–water partition coefficient (Wildman–Crippen LogP) is 3.34. The van der Waals surface area contributed by atoms with Gasteiger partial charge in [-0.1, -0.05) is 30.3 Å². The number of aromatic nitrogens is 5. The molecule has 36 heavy (non-hydrogen) atoms. The van der Waals surface area contributed by atoms with E-state index in [4.69, 9.17) is 9.47 Å². The van der Waals surface area contributed by atoms with Gasteiger partial charge in [0.25, 0.3) is 5.56 Å². The number of aromatic amines is 1. The fraction of sp³-hybridized carbons (Fsp3) is 0.407. The van der Waals surface area contributed by atoms with Gasteiger partial charge in [0, 0.05) is 42.7 Å². The minimum Gasteiger partial charge on any atom is -0.494 e. The first-order valence-electron chi connectivity index (χ1n) is 12.6. The van der Waals surface area contributed by atoms with Gasteiger partial charge in [0.05, 0.1) is 19.3 Å². The molecular weight excluding hydrogens is 456 g/mol. The molecule has 0 radical (unpaired) electrons. The minimum atomic E-state index is -0.0901. The molecule has 0 bridgehead atoms. The molecule has 9 nitrogen and oxygen atoms in total. The molecule has 0 amide bonds. The molecule has 1 aliphatic rings. The van der Waals surface area contributed by atoms with Crippen molar-refractivity contribution in [3.05, 3.63) is 81.9 Å². The molecule has 5 rings (SSSR count). The maximum Gasteiger partial charge on any atom is 0.252 e. The van der Waals surface area contributed by atoms with Gasteiger partial charge < -0.3 is 14.5 Å². The van der Waals surface area contributed by atoms with Crippen LogP contribution in [0.5, 0.6) is 5.75 Å². The van der Waals surface area contributed by atoms with Crippen LogP contribution in [0, 0.1) is 0 Å². The zero-order valence-corrected chi connectivity index (χ0v) is 20.6. The van der Waals surface area contributed by atoms with Crippen LogP contribution < -0.4 is 10.3 Å². The van der Waals surface area contributed by atoms with Crippen LogP contribution in [0.25, 0.3) is 10.9 Å². The quantitative estimate of drug-likeness (QED) is 0.346. The van der Waals surface area contributed by atoms with Gasteiger partial charge in [-0.3, -0.25) is 9.69 Å². The Morgan fingerprint density at radius 3 is 2.86 bits per heavy atom. The van der Waals surface area contributed by atoms with Crippen molar-refractivity contribution in [2.45, 2.75) is 51.9 Å². The Hall–Kier alpha value is -3.56. The number of tetrazole rings is 1. The van der Waals surface area contributed by atoms with E-state index in [-0.39, 0.29) is 11.7 Å². The highest BCUT2D eigenvalue weighted by Crippen LogP contribution is 2.21. The number of hydrogen-bond acceptors (Lipinski definition) is 7. The highest BCUT2D eigenvalue weighted by molar-refractivity contribution is 5.80. The van der Waals surface area contributed by atoms with Crippen LogP contribution in [-0.2, 0) is 30.8 Å². The third-order valence-electron chi connectivity index (χ3n) is 6.51. The average molecular weight is 489 g/mol. The van der Waals surface area contributed by atoms with Crippen molar-refractivity contribution < 1.29 is 9.47 Å². The molecule has 0 saturated carbocycles. The summed E-state index contributed by atoms with van der Waals surface area (Å²) in [7, 11) is 0. The largest absolute Gasteiger partial charge is 0.494 e. The number of rotatable bonds is 11. The minimum absolute atomic E-state index is 0.0901. The smallest absolute Gasteiger partial charge is 0.252 e. The van der Waals surface area contributed by atoms with Gasteiger partial charge in [0.2, 0.25) is 0 Å². The molecule has 1 fully saturated rings. The molecule has 9 heteroatoms. The lowest BCUT2D eigenvalue weighted by molar-refractivity contribution is 0.0663. The normalized spacial score (nSPS) is 15.7. The molecule has 0 unspecified atom stereocenters. The number of fused-ring (bicyclic) bond motifs is 1. The van der Waals surface area contributed by atoms with Crippen molar-refractivity contribution in [2.24, 2.45) is 0 Å². The topological polar surface area (TPSA) is 98.2 Å². The van der Waals surface area contributed by atoms with Crippen LogP contribution >= 0.6 is 0 Å². The molecule has 2 aromatic carbocycles. The Morgan fingerprint density at radius 2 is 2.06 bits per heavy atom. The first-order valence-corrected chi connectivity index (χ1v) is 12.6. The summed E-state index contributed by atoms with van der Waals surface area (Å²) < 4.78 is 13.4. The standard InChI is InChI=1S/C27H32N6O3/c1-2-35-23-10-11-25-21(16-23)15-22(27(34)28-25)17-32(18-24-9-6-14-36-24)19-26-29-30-31-33(26)13-12-20-7-4-3-5-8-20/h3-5,7-8,10-11,15-16,24H,2,6,9,12-14,17-19H2,1H3,(H,28,34)/t24-/m0/s1. The number of hydrogen-bond donors (Lipinski definition) is 1. The second-order valence-electron chi connectivity index (χ2n) is 9.16. The summed E-state index contributed by atoms with van der Waals surface area (Å²) in [6, 6.07) is 18.0. The van der Waals surface area contributed by atoms with E-state index < -0.39 is 0 Å². The summed E-state index contributed by atoms with van der Waals surface area (Å²) >= 11 is 0. The van der Waals surface area contributed by atoms with Crippen molar-refractivity contribution in [2.75, 3.05) is 19.8 Å². The zero-order valence-electron chi connectivity index (χ0n) is 20.6. The Kier molecular flexibility index (Phi) is 7.68. The Labute approximate surface area is 210 Å². The second-order valence-corrected chi connectivity index (χ2v) is 9.16. The number of benzene rings is 2. The van der Waals surface area contributed by atoms with Crippen LogP contribution in [0.1, 0.15) is 36.7 Å². The SMILES string of the molecule is CCOc1ccc2[nH]c(=O)c(CN(Cc3nnnn3CCc3ccccc3)C[C@@H]3CCCO3)cc2c1. The van der Waals surface area contributed by atoms with E-state index in [1.165, 1.54) is 5.56 Å². The van der Waals surface area contributed by atoms with Crippen LogP contribution in [0.2, 0.25) is 0 Å². The molecule has 4 aromatic rings. The van der Waals surface area contributed by atoms with Crippen molar-refractivity contribution in [1.29, 1.82) is 0 Å². The summed E-state index contributed by atoms with van der Waals surface area (Å²) in [6.07, 6.45) is 3.06. The Bertz CT molecular complexity index is 1330. The van der Waals surface area contributed by atoms with Crippen LogP contribution in [0.4, 0.5) is 0 Å². The molecule has 2 aromatic heterocycles. The summed E-state index contributed by atoms with van der Waals surface area (Å²) in [6.45, 7) is 5.73. The predicted molar refractivity (Wildman–Crippen MR) is 137 cm³/mol. The fourth-order valence-electron chi connectivity index (χ4n) is 4.70. The van der Waals surface area contributed by atoms with E-state index in [1.54, 1.807) is 0 Å². The summed E-state index contributed by atoms with van der Waals surface area (Å²) in [5.41, 5.74) is 2.64. The Balaban J connectivity index is 1.36. The first kappa shape index (κ1) is 24.1. The van der Waals surface area contributed by atoms with Gasteiger partial charge in [0.15, 0.2) is 5.82 Å². The van der Waals surface area contributed by atoms with E-state index in [9.17, 15) is 4.79 Å². The lowest BCUT2D eigenvalue weighted by Gasteiger charge is -2.24. The van der Waals surface area contributed by atoms with Gasteiger partial charge in [-0.2, -0.15) is 0 Å². The lowest BCUT2D eigenvalue weighted by Crippen LogP contribution is -2.34. The van der Waals surface area contributed by atoms with E-state index in [0.29, 0.717) is 38.3 Å². The third kappa shape index (κ3) is 5.98. The van der Waals surface area contributed by atoms with Crippen LogP contribution in [-0.4, -0.2) is 56.0 Å². The van der Waals surface area contributed by atoms with E-state index in [1.807, 2.05) is 54.1 Å². The number of pyridine rings is 1. The zero-order chi connectivity index (χ0) is 24.7. The van der Waals surface area contributed by atoms with Crippen molar-refractivity contribution in [3.63, 3.8) is 0 Å². The van der Waals surface area contributed by atoms with Crippen molar-refractivity contribution in [1.82, 2.24) is 30.1 Å². The first-order chi connectivity index (χ1) is 17.7. The molecule has 0 aliphatic carbocycles. The van der Waals surface area contributed by atoms with Gasteiger partial charge in [-0.25, -0.2) is 4.68 Å². The maximum absolute atomic E-state index is 13.0. The molecule has 188 valence electrons. The monoisotopic (exact) mass is 488 g/mol. The third-order valence-corrected chi connectivity index (χ3v) is 6.51. The lowest BCUT2D eigenvalue weighted by atomic mass is 10.1. The molecule has 1 N–H and O–H groups in total. The van der Waals surface area contributed by atoms with Gasteiger partial charge >= 0.3 is 0 Å². The highest BCUT2D eigenvalue weighted by Gasteiger charge is 2.22. The summed E-state index contributed by atoms with van der Waals surface area (Å²) in [5, 5.41) is 13.4. The number of nitrogens with one attached hydrogen (secondary N) is 1. The molecule has 1 aliphatic heterocycles. The van der Waals surface area contributed by atoms with Gasteiger partial charge in [-0.15, -0.1) is 5.10 Å². The van der Waals surface area contributed by atoms with Crippen molar-refractivity contribution in [3.8, 4) is 5.75 Å². The average Bonchev–Trinajstić information content (AvgIpc) is 3.56. The molecule has 3 heterocycles. The van der Waals surface area contributed by atoms with Crippen LogP contribution in [0.15, 0.2) is 59.4 Å². The van der Waals surface area contributed by atoms with Crippen LogP contribution in [0.3, 0.4) is 0 Å². The van der Waals surface area contributed by atoms with Gasteiger partial charge in [-0.05, 0) is 66.4 Å². The summed E-state index contributed by atoms with van der Waals surface area (Å²) in [4.78, 5) is 18.2. The van der Waals surface area contributed by atoms with Gasteiger partial charge in [0.1, 0.15) is 5.75 Å². The van der Waals surface area contributed by atoms with E-state index >= 15 is 0 Å². The molecular formula is C27H32N6O3. The second kappa shape index (κ2) is 11.5. The number of aryl methyl sites for hydroxylation is 2. The number of ether oxygens (including phenoxy) is 2. The maximum atomic E-state index is 13.0. The Morgan fingerprint density at radius 1 is 1.17 bits per heavy atom. The van der Waals surface area contributed by atoms with Crippen molar-refractivity contribution >= 4 is 10.9 Å². The molecule has 1 saturated heterocycles. The summed E-state index contributed by atoms with van der Waals surface area (Å²) in [5.74, 6) is 1.57. The van der Waals surface area contributed by atoms with E-state index in [0.717, 1.165) is 48.3 Å². The number of nitrogens with zero attached hydrogens (tertiary/aromatic N) is 5. The molecule has 0 spiro atoms. The fourth-order valence-corrected chi connectivity index (χ4v) is 4.70. The number of H-pyrrole nitrogens is 1.